The van der Waals surface area contributed by atoms with Gasteiger partial charge in [-0.15, -0.1) is 0 Å². The van der Waals surface area contributed by atoms with Crippen LogP contribution in [0.2, 0.25) is 0 Å². The fourth-order valence-corrected chi connectivity index (χ4v) is 2.88. The highest BCUT2D eigenvalue weighted by atomic mass is 79.9. The lowest BCUT2D eigenvalue weighted by Gasteiger charge is -1.98. The molecule has 1 aromatic carbocycles. The van der Waals surface area contributed by atoms with Gasteiger partial charge in [-0.25, -0.2) is 8.42 Å². The van der Waals surface area contributed by atoms with Gasteiger partial charge < -0.3 is 0 Å². The highest BCUT2D eigenvalue weighted by molar-refractivity contribution is 9.15. The Morgan fingerprint density at radius 3 is 2.36 bits per heavy atom. The lowest BCUT2D eigenvalue weighted by molar-refractivity contribution is 0.609. The first kappa shape index (κ1) is 11.9. The van der Waals surface area contributed by atoms with Crippen LogP contribution in [-0.2, 0) is 9.84 Å². The normalized spacial score (nSPS) is 12.9. The zero-order valence-electron chi connectivity index (χ0n) is 7.15. The fraction of sp³-hybridized carbons (Fsp3) is 0.111. The average molecular weight is 340 g/mol. The van der Waals surface area contributed by atoms with Gasteiger partial charge in [0.15, 0.2) is 9.84 Å². The largest absolute Gasteiger partial charge is 0.223 e. The summed E-state index contributed by atoms with van der Waals surface area (Å²) in [5, 5.41) is 1.21. The van der Waals surface area contributed by atoms with E-state index in [1.807, 2.05) is 30.3 Å². The number of halogens is 2. The molecular weight excluding hydrogens is 332 g/mol. The van der Waals surface area contributed by atoms with E-state index in [4.69, 9.17) is 0 Å². The summed E-state index contributed by atoms with van der Waals surface area (Å²) in [6.07, 6.45) is 0. The molecule has 0 radical (unpaired) electrons. The molecule has 0 saturated carbocycles. The highest BCUT2D eigenvalue weighted by Crippen LogP contribution is 2.22. The van der Waals surface area contributed by atoms with E-state index in [0.29, 0.717) is 4.48 Å². The molecular formula is C9H8Br2O2S. The minimum atomic E-state index is -3.16. The molecule has 0 N–H and O–H groups in total. The van der Waals surface area contributed by atoms with Crippen LogP contribution in [0, 0.1) is 0 Å². The van der Waals surface area contributed by atoms with E-state index in [2.05, 4.69) is 31.9 Å². The zero-order valence-corrected chi connectivity index (χ0v) is 11.1. The molecule has 0 aliphatic carbocycles. The van der Waals surface area contributed by atoms with Crippen molar-refractivity contribution in [2.45, 2.75) is 0 Å². The van der Waals surface area contributed by atoms with Crippen molar-refractivity contribution in [3.05, 3.63) is 41.3 Å². The van der Waals surface area contributed by atoms with Gasteiger partial charge in [0.05, 0.1) is 0 Å². The van der Waals surface area contributed by atoms with E-state index in [1.54, 1.807) is 0 Å². The molecule has 0 saturated heterocycles. The van der Waals surface area contributed by atoms with Crippen LogP contribution in [-0.4, -0.2) is 13.1 Å². The van der Waals surface area contributed by atoms with Crippen molar-refractivity contribution in [1.29, 1.82) is 0 Å². The van der Waals surface area contributed by atoms with E-state index >= 15 is 0 Å². The van der Waals surface area contributed by atoms with Crippen LogP contribution < -0.4 is 0 Å². The minimum absolute atomic E-state index is 0.0675. The molecule has 76 valence electrons. The molecule has 0 amide bonds. The van der Waals surface area contributed by atoms with Crippen molar-refractivity contribution >= 4 is 46.2 Å². The quantitative estimate of drug-likeness (QED) is 0.793. The van der Waals surface area contributed by atoms with Gasteiger partial charge in [-0.3, -0.25) is 0 Å². The van der Waals surface area contributed by atoms with Gasteiger partial charge in [-0.05, 0) is 21.5 Å². The maximum atomic E-state index is 11.2. The summed E-state index contributed by atoms with van der Waals surface area (Å²) in [4.78, 5) is 0. The van der Waals surface area contributed by atoms with Gasteiger partial charge in [0, 0.05) is 9.89 Å². The molecule has 2 nitrogen and oxygen atoms in total. The molecule has 0 heterocycles. The molecule has 1 aromatic rings. The van der Waals surface area contributed by atoms with E-state index in [9.17, 15) is 8.42 Å². The van der Waals surface area contributed by atoms with E-state index in [-0.39, 0.29) is 4.66 Å². The Morgan fingerprint density at radius 2 is 1.86 bits per heavy atom. The molecule has 0 aliphatic heterocycles. The van der Waals surface area contributed by atoms with Gasteiger partial charge in [0.1, 0.15) is 4.66 Å². The number of hydrogen-bond acceptors (Lipinski definition) is 2. The smallest absolute Gasteiger partial charge is 0.182 e. The zero-order chi connectivity index (χ0) is 10.6. The molecule has 0 spiro atoms. The van der Waals surface area contributed by atoms with Crippen molar-refractivity contribution in [3.63, 3.8) is 0 Å². The molecule has 0 aromatic heterocycles. The number of rotatable bonds is 3. The molecule has 0 aliphatic rings. The molecule has 0 bridgehead atoms. The van der Waals surface area contributed by atoms with Crippen LogP contribution in [0.4, 0.5) is 0 Å². The highest BCUT2D eigenvalue weighted by Gasteiger charge is 2.06. The van der Waals surface area contributed by atoms with Crippen LogP contribution >= 0.6 is 31.9 Å². The molecule has 1 rings (SSSR count). The Bertz CT molecular complexity index is 423. The van der Waals surface area contributed by atoms with Crippen molar-refractivity contribution in [2.24, 2.45) is 0 Å². The molecule has 5 heteroatoms. The monoisotopic (exact) mass is 338 g/mol. The first-order valence-corrected chi connectivity index (χ1v) is 7.39. The molecule has 0 atom stereocenters. The Morgan fingerprint density at radius 1 is 1.29 bits per heavy atom. The maximum absolute atomic E-state index is 11.2. The average Bonchev–Trinajstić information content (AvgIpc) is 2.19. The van der Waals surface area contributed by atoms with E-state index < -0.39 is 9.84 Å². The van der Waals surface area contributed by atoms with E-state index in [0.717, 1.165) is 5.56 Å². The first-order chi connectivity index (χ1) is 6.55. The molecule has 14 heavy (non-hydrogen) atoms. The second-order valence-corrected chi connectivity index (χ2v) is 6.61. The standard InChI is InChI=1S/C9H8Br2O2S/c10-7-14(12,13)6-9(11)8-4-2-1-3-5-8/h1-6H,7H2/b9-6+. The van der Waals surface area contributed by atoms with Gasteiger partial charge >= 0.3 is 0 Å². The summed E-state index contributed by atoms with van der Waals surface area (Å²) in [5.74, 6) is 0. The summed E-state index contributed by atoms with van der Waals surface area (Å²) in [7, 11) is -3.16. The summed E-state index contributed by atoms with van der Waals surface area (Å²) in [6.45, 7) is 0. The van der Waals surface area contributed by atoms with Crippen LogP contribution in [0.25, 0.3) is 4.48 Å². The van der Waals surface area contributed by atoms with Crippen LogP contribution in [0.3, 0.4) is 0 Å². The van der Waals surface area contributed by atoms with Crippen LogP contribution in [0.15, 0.2) is 35.7 Å². The Balaban J connectivity index is 3.03. The third-order valence-corrected chi connectivity index (χ3v) is 5.29. The van der Waals surface area contributed by atoms with Gasteiger partial charge in [-0.2, -0.15) is 0 Å². The number of benzene rings is 1. The summed E-state index contributed by atoms with van der Waals surface area (Å²) in [6, 6.07) is 9.26. The predicted octanol–water partition coefficient (Wildman–Crippen LogP) is 3.15. The maximum Gasteiger partial charge on any atom is 0.182 e. The third-order valence-electron chi connectivity index (χ3n) is 1.48. The first-order valence-electron chi connectivity index (χ1n) is 3.76. The molecule has 0 unspecified atom stereocenters. The Hall–Kier alpha value is -0.130. The van der Waals surface area contributed by atoms with Crippen molar-refractivity contribution in [1.82, 2.24) is 0 Å². The minimum Gasteiger partial charge on any atom is -0.223 e. The number of hydrogen-bond donors (Lipinski definition) is 0. The number of sulfone groups is 1. The second kappa shape index (κ2) is 5.09. The van der Waals surface area contributed by atoms with Gasteiger partial charge in [0.2, 0.25) is 0 Å². The predicted molar refractivity (Wildman–Crippen MR) is 66.1 cm³/mol. The lowest BCUT2D eigenvalue weighted by atomic mass is 10.2. The van der Waals surface area contributed by atoms with E-state index in [1.165, 1.54) is 5.41 Å². The summed E-state index contributed by atoms with van der Waals surface area (Å²) >= 11 is 6.14. The van der Waals surface area contributed by atoms with Crippen molar-refractivity contribution in [3.8, 4) is 0 Å². The Kier molecular flexibility index (Phi) is 4.34. The number of alkyl halides is 1. The fourth-order valence-electron chi connectivity index (χ4n) is 0.855. The van der Waals surface area contributed by atoms with Crippen LogP contribution in [0.5, 0.6) is 0 Å². The second-order valence-electron chi connectivity index (χ2n) is 2.60. The van der Waals surface area contributed by atoms with Gasteiger partial charge in [-0.1, -0.05) is 46.3 Å². The van der Waals surface area contributed by atoms with Gasteiger partial charge in [0.25, 0.3) is 0 Å². The SMILES string of the molecule is O=S(=O)(/C=C(/Br)c1ccccc1)CBr. The lowest BCUT2D eigenvalue weighted by Crippen LogP contribution is -1.95. The van der Waals surface area contributed by atoms with Crippen molar-refractivity contribution in [2.75, 3.05) is 4.66 Å². The summed E-state index contributed by atoms with van der Waals surface area (Å²) in [5.41, 5.74) is 0.844. The van der Waals surface area contributed by atoms with Crippen molar-refractivity contribution < 1.29 is 8.42 Å². The Labute approximate surface area is 100 Å². The van der Waals surface area contributed by atoms with Crippen LogP contribution in [0.1, 0.15) is 5.56 Å². The summed E-state index contributed by atoms with van der Waals surface area (Å²) < 4.78 is 23.0. The third kappa shape index (κ3) is 3.55. The molecule has 0 fully saturated rings. The topological polar surface area (TPSA) is 34.1 Å².